The van der Waals surface area contributed by atoms with Gasteiger partial charge in [-0.05, 0) is 131 Å². The molecule has 0 spiro atoms. The number of carbonyl (C=O) groups excluding carboxylic acids is 1. The van der Waals surface area contributed by atoms with Crippen LogP contribution in [0.1, 0.15) is 223 Å². The molecule has 0 saturated heterocycles. The number of esters is 1. The van der Waals surface area contributed by atoms with Gasteiger partial charge in [-0.2, -0.15) is 0 Å². The van der Waals surface area contributed by atoms with Gasteiger partial charge in [0.2, 0.25) is 0 Å². The molecular formula is C47H82O2. The van der Waals surface area contributed by atoms with E-state index < -0.39 is 0 Å². The van der Waals surface area contributed by atoms with E-state index in [0.29, 0.717) is 34.5 Å². The van der Waals surface area contributed by atoms with Crippen LogP contribution in [0.5, 0.6) is 0 Å². The molecule has 4 rings (SSSR count). The molecule has 49 heavy (non-hydrogen) atoms. The van der Waals surface area contributed by atoms with Crippen LogP contribution in [0.2, 0.25) is 0 Å². The van der Waals surface area contributed by atoms with Gasteiger partial charge >= 0.3 is 5.97 Å². The van der Waals surface area contributed by atoms with Crippen LogP contribution in [0.4, 0.5) is 0 Å². The molecule has 2 nitrogen and oxygen atoms in total. The highest BCUT2D eigenvalue weighted by Gasteiger charge is 2.62. The summed E-state index contributed by atoms with van der Waals surface area (Å²) in [5.41, 5.74) is 8.06. The molecule has 0 bridgehead atoms. The average Bonchev–Trinajstić information content (AvgIpc) is 3.35. The molecule has 0 aromatic heterocycles. The fourth-order valence-corrected chi connectivity index (χ4v) is 12.3. The number of hydrogen-bond donors (Lipinski definition) is 0. The van der Waals surface area contributed by atoms with E-state index in [9.17, 15) is 4.79 Å². The monoisotopic (exact) mass is 679 g/mol. The molecular weight excluding hydrogens is 597 g/mol. The van der Waals surface area contributed by atoms with Gasteiger partial charge in [-0.1, -0.05) is 148 Å². The summed E-state index contributed by atoms with van der Waals surface area (Å²) in [6, 6.07) is 0. The summed E-state index contributed by atoms with van der Waals surface area (Å²) >= 11 is 0. The Morgan fingerprint density at radius 2 is 1.37 bits per heavy atom. The Morgan fingerprint density at radius 3 is 1.96 bits per heavy atom. The first-order chi connectivity index (χ1) is 23.4. The van der Waals surface area contributed by atoms with Crippen LogP contribution in [0.3, 0.4) is 0 Å². The van der Waals surface area contributed by atoms with Gasteiger partial charge in [-0.25, -0.2) is 0 Å². The van der Waals surface area contributed by atoms with Crippen molar-refractivity contribution < 1.29 is 9.53 Å². The Balaban J connectivity index is 1.24. The van der Waals surface area contributed by atoms with Gasteiger partial charge in [0.15, 0.2) is 0 Å². The zero-order chi connectivity index (χ0) is 35.7. The van der Waals surface area contributed by atoms with E-state index in [1.165, 1.54) is 141 Å². The van der Waals surface area contributed by atoms with Crippen molar-refractivity contribution in [1.82, 2.24) is 0 Å². The van der Waals surface area contributed by atoms with Gasteiger partial charge in [0.1, 0.15) is 6.10 Å². The molecule has 0 heterocycles. The molecule has 2 heteroatoms. The third-order valence-electron chi connectivity index (χ3n) is 15.8. The number of rotatable bonds is 20. The first kappa shape index (κ1) is 40.7. The number of allylic oxidation sites excluding steroid dienone is 4. The maximum Gasteiger partial charge on any atom is 0.306 e. The molecule has 2 fully saturated rings. The molecule has 282 valence electrons. The summed E-state index contributed by atoms with van der Waals surface area (Å²) in [5.74, 6) is 2.82. The number of carbonyl (C=O) groups is 1. The van der Waals surface area contributed by atoms with Gasteiger partial charge in [0.05, 0.1) is 0 Å². The Labute approximate surface area is 305 Å². The Morgan fingerprint density at radius 1 is 0.755 bits per heavy atom. The Bertz CT molecular complexity index is 1110. The van der Waals surface area contributed by atoms with Gasteiger partial charge in [0, 0.05) is 6.42 Å². The van der Waals surface area contributed by atoms with Crippen LogP contribution in [0.25, 0.3) is 0 Å². The summed E-state index contributed by atoms with van der Waals surface area (Å²) in [6.45, 7) is 22.3. The fourth-order valence-electron chi connectivity index (χ4n) is 12.3. The van der Waals surface area contributed by atoms with E-state index in [1.54, 1.807) is 11.1 Å². The zero-order valence-corrected chi connectivity index (χ0v) is 34.4. The predicted molar refractivity (Wildman–Crippen MR) is 212 cm³/mol. The summed E-state index contributed by atoms with van der Waals surface area (Å²) in [6.07, 6.45) is 32.3. The van der Waals surface area contributed by atoms with Crippen LogP contribution >= 0.6 is 0 Å². The van der Waals surface area contributed by atoms with E-state index in [4.69, 9.17) is 4.74 Å². The normalized spacial score (nSPS) is 33.1. The summed E-state index contributed by atoms with van der Waals surface area (Å²) < 4.78 is 6.29. The second-order valence-electron chi connectivity index (χ2n) is 18.8. The van der Waals surface area contributed by atoms with Crippen molar-refractivity contribution in [3.63, 3.8) is 0 Å². The second-order valence-corrected chi connectivity index (χ2v) is 18.8. The van der Waals surface area contributed by atoms with Crippen molar-refractivity contribution in [3.05, 3.63) is 22.3 Å². The van der Waals surface area contributed by atoms with Crippen molar-refractivity contribution >= 4 is 5.97 Å². The minimum absolute atomic E-state index is 0.0712. The van der Waals surface area contributed by atoms with Crippen molar-refractivity contribution in [2.24, 2.45) is 39.9 Å². The standard InChI is InChI=1S/C47H82O2/c1-10-12-13-14-15-16-17-18-19-20-21-22-23-24-44(48)49-43-31-32-45(7)40(37(43)6)27-28-42-41(45)30-34-46(8)39(29-33-47(42,46)9)36(5)25-26-38(11-2)35(3)4/h36-37,39-40,43H,10-34H2,1-9H3/t36-,37+,39-,40+,43+,45+,46-,47+/m1/s1. The number of unbranched alkanes of at least 4 members (excludes halogenated alkanes) is 12. The number of fused-ring (bicyclic) bond motifs is 4. The van der Waals surface area contributed by atoms with Crippen LogP contribution in [0.15, 0.2) is 22.3 Å². The molecule has 4 aliphatic carbocycles. The van der Waals surface area contributed by atoms with E-state index in [2.05, 4.69) is 62.3 Å². The van der Waals surface area contributed by atoms with E-state index in [0.717, 1.165) is 24.7 Å². The van der Waals surface area contributed by atoms with Gasteiger partial charge in [-0.3, -0.25) is 4.79 Å². The number of hydrogen-bond acceptors (Lipinski definition) is 2. The first-order valence-corrected chi connectivity index (χ1v) is 22.0. The van der Waals surface area contributed by atoms with Gasteiger partial charge in [-0.15, -0.1) is 0 Å². The lowest BCUT2D eigenvalue weighted by Gasteiger charge is -2.60. The number of ether oxygens (including phenoxy) is 1. The van der Waals surface area contributed by atoms with E-state index >= 15 is 0 Å². The molecule has 0 N–H and O–H groups in total. The Hall–Kier alpha value is -1.05. The topological polar surface area (TPSA) is 26.3 Å². The average molecular weight is 679 g/mol. The molecule has 8 atom stereocenters. The highest BCUT2D eigenvalue weighted by molar-refractivity contribution is 5.69. The van der Waals surface area contributed by atoms with Gasteiger partial charge < -0.3 is 4.74 Å². The van der Waals surface area contributed by atoms with Crippen LogP contribution in [-0.4, -0.2) is 12.1 Å². The van der Waals surface area contributed by atoms with Crippen molar-refractivity contribution in [3.8, 4) is 0 Å². The maximum absolute atomic E-state index is 13.0. The molecule has 0 amide bonds. The first-order valence-electron chi connectivity index (χ1n) is 22.0. The van der Waals surface area contributed by atoms with E-state index in [1.807, 2.05) is 11.1 Å². The van der Waals surface area contributed by atoms with Gasteiger partial charge in [0.25, 0.3) is 0 Å². The van der Waals surface area contributed by atoms with E-state index in [-0.39, 0.29) is 12.1 Å². The quantitative estimate of drug-likeness (QED) is 0.0728. The van der Waals surface area contributed by atoms with Crippen LogP contribution < -0.4 is 0 Å². The maximum atomic E-state index is 13.0. The summed E-state index contributed by atoms with van der Waals surface area (Å²) in [7, 11) is 0. The van der Waals surface area contributed by atoms with Crippen molar-refractivity contribution in [2.75, 3.05) is 0 Å². The van der Waals surface area contributed by atoms with Crippen LogP contribution in [0, 0.1) is 39.9 Å². The van der Waals surface area contributed by atoms with Crippen molar-refractivity contribution in [1.29, 1.82) is 0 Å². The smallest absolute Gasteiger partial charge is 0.306 e. The fraction of sp³-hybridized carbons (Fsp3) is 0.894. The zero-order valence-electron chi connectivity index (χ0n) is 34.4. The lowest BCUT2D eigenvalue weighted by molar-refractivity contribution is -0.158. The Kier molecular flexibility index (Phi) is 15.5. The van der Waals surface area contributed by atoms with Crippen LogP contribution in [-0.2, 0) is 9.53 Å². The summed E-state index contributed by atoms with van der Waals surface area (Å²) in [5, 5.41) is 0. The molecule has 0 aromatic rings. The lowest BCUT2D eigenvalue weighted by atomic mass is 9.45. The molecule has 4 aliphatic rings. The molecule has 0 aliphatic heterocycles. The highest BCUT2D eigenvalue weighted by atomic mass is 16.5. The summed E-state index contributed by atoms with van der Waals surface area (Å²) in [4.78, 5) is 13.0. The minimum Gasteiger partial charge on any atom is -0.462 e. The third-order valence-corrected chi connectivity index (χ3v) is 15.8. The third kappa shape index (κ3) is 9.31. The molecule has 0 unspecified atom stereocenters. The SMILES string of the molecule is CCCCCCCCCCCCCCCC(=O)O[C@H]1CC[C@]2(C)C3=C(CC[C@H]2[C@@H]1C)[C@]1(C)CC[C@H]([C@H](C)CCC(CC)=C(C)C)[C@@]1(C)CC3. The highest BCUT2D eigenvalue weighted by Crippen LogP contribution is 2.71. The molecule has 0 radical (unpaired) electrons. The minimum atomic E-state index is 0.0712. The molecule has 0 aromatic carbocycles. The molecule has 2 saturated carbocycles. The second kappa shape index (κ2) is 18.6. The largest absolute Gasteiger partial charge is 0.462 e. The predicted octanol–water partition coefficient (Wildman–Crippen LogP) is 14.9. The van der Waals surface area contributed by atoms with Crippen molar-refractivity contribution in [2.45, 2.75) is 229 Å². The lowest BCUT2D eigenvalue weighted by Crippen LogP contribution is -2.52.